The molecule has 4 nitrogen and oxygen atoms in total. The third-order valence-electron chi connectivity index (χ3n) is 2.95. The summed E-state index contributed by atoms with van der Waals surface area (Å²) in [7, 11) is 0. The molecule has 21 heavy (non-hydrogen) atoms. The van der Waals surface area contributed by atoms with Crippen LogP contribution >= 0.6 is 0 Å². The zero-order valence-electron chi connectivity index (χ0n) is 12.1. The molecule has 2 N–H and O–H groups in total. The number of carbonyl (C=O) groups excluding carboxylic acids is 2. The summed E-state index contributed by atoms with van der Waals surface area (Å²) in [6, 6.07) is 17.1. The predicted octanol–water partition coefficient (Wildman–Crippen LogP) is 3.70. The van der Waals surface area contributed by atoms with Gasteiger partial charge in [0.1, 0.15) is 0 Å². The molecule has 2 aromatic rings. The SMILES string of the molecule is Cc1cccc(Cc2ccccc2)c1C.N=C=O.N=C=O. The van der Waals surface area contributed by atoms with E-state index in [2.05, 4.69) is 62.4 Å². The van der Waals surface area contributed by atoms with Crippen LogP contribution in [-0.4, -0.2) is 12.2 Å². The Morgan fingerprint density at radius 3 is 1.90 bits per heavy atom. The molecule has 4 heteroatoms. The quantitative estimate of drug-likeness (QED) is 0.650. The summed E-state index contributed by atoms with van der Waals surface area (Å²) >= 11 is 0. The Hall–Kier alpha value is -2.80. The van der Waals surface area contributed by atoms with Gasteiger partial charge in [0.25, 0.3) is 0 Å². The second-order valence-electron chi connectivity index (χ2n) is 4.23. The lowest BCUT2D eigenvalue weighted by Crippen LogP contribution is -1.93. The van der Waals surface area contributed by atoms with Gasteiger partial charge in [-0.1, -0.05) is 48.5 Å². The summed E-state index contributed by atoms with van der Waals surface area (Å²) in [6.45, 7) is 4.37. The molecule has 0 radical (unpaired) electrons. The Kier molecular flexibility index (Phi) is 9.59. The van der Waals surface area contributed by atoms with Gasteiger partial charge < -0.3 is 0 Å². The van der Waals surface area contributed by atoms with E-state index < -0.39 is 0 Å². The van der Waals surface area contributed by atoms with E-state index >= 15 is 0 Å². The minimum Gasteiger partial charge on any atom is -0.222 e. The fourth-order valence-corrected chi connectivity index (χ4v) is 1.82. The van der Waals surface area contributed by atoms with Crippen molar-refractivity contribution in [2.24, 2.45) is 0 Å². The fourth-order valence-electron chi connectivity index (χ4n) is 1.82. The van der Waals surface area contributed by atoms with E-state index in [0.29, 0.717) is 0 Å². The van der Waals surface area contributed by atoms with Crippen molar-refractivity contribution in [2.75, 3.05) is 0 Å². The molecule has 2 aromatic carbocycles. The van der Waals surface area contributed by atoms with Crippen molar-refractivity contribution in [1.82, 2.24) is 0 Å². The average Bonchev–Trinajstić information content (AvgIpc) is 2.47. The lowest BCUT2D eigenvalue weighted by Gasteiger charge is -2.08. The second kappa shape index (κ2) is 11.1. The monoisotopic (exact) mass is 282 g/mol. The number of nitrogens with one attached hydrogen (secondary N) is 2. The van der Waals surface area contributed by atoms with Crippen LogP contribution in [0, 0.1) is 24.7 Å². The zero-order chi connectivity index (χ0) is 16.1. The van der Waals surface area contributed by atoms with Crippen molar-refractivity contribution < 1.29 is 9.59 Å². The highest BCUT2D eigenvalue weighted by Gasteiger charge is 2.01. The average molecular weight is 282 g/mol. The van der Waals surface area contributed by atoms with Crippen LogP contribution < -0.4 is 0 Å². The van der Waals surface area contributed by atoms with Crippen LogP contribution in [-0.2, 0) is 16.0 Å². The highest BCUT2D eigenvalue weighted by molar-refractivity contribution is 5.36. The van der Waals surface area contributed by atoms with Gasteiger partial charge in [0.15, 0.2) is 0 Å². The maximum atomic E-state index is 8.35. The van der Waals surface area contributed by atoms with Crippen molar-refractivity contribution in [3.05, 3.63) is 70.8 Å². The molecule has 0 unspecified atom stereocenters. The lowest BCUT2D eigenvalue weighted by molar-refractivity contribution is 0.562. The van der Waals surface area contributed by atoms with Crippen LogP contribution in [0.5, 0.6) is 0 Å². The molecule has 2 rings (SSSR count). The molecule has 0 atom stereocenters. The largest absolute Gasteiger partial charge is 0.231 e. The van der Waals surface area contributed by atoms with Crippen LogP contribution in [0.25, 0.3) is 0 Å². The van der Waals surface area contributed by atoms with E-state index in [-0.39, 0.29) is 0 Å². The summed E-state index contributed by atoms with van der Waals surface area (Å²) in [4.78, 5) is 16.7. The molecule has 0 fully saturated rings. The first kappa shape index (κ1) is 18.2. The first-order valence-electron chi connectivity index (χ1n) is 6.27. The molecule has 0 bridgehead atoms. The van der Waals surface area contributed by atoms with Crippen LogP contribution in [0.1, 0.15) is 22.3 Å². The summed E-state index contributed by atoms with van der Waals surface area (Å²) in [5, 5.41) is 10.8. The molecule has 0 aromatic heterocycles. The molecule has 0 heterocycles. The zero-order valence-corrected chi connectivity index (χ0v) is 12.1. The minimum absolute atomic E-state index is 0.750. The number of hydrogen-bond donors (Lipinski definition) is 2. The molecular weight excluding hydrogens is 264 g/mol. The molecule has 0 saturated carbocycles. The van der Waals surface area contributed by atoms with Gasteiger partial charge >= 0.3 is 0 Å². The topological polar surface area (TPSA) is 81.8 Å². The Morgan fingerprint density at radius 2 is 1.38 bits per heavy atom. The third kappa shape index (κ3) is 7.38. The maximum Gasteiger partial charge on any atom is 0.231 e. The standard InChI is InChI=1S/C15H16.2CHNO/c1-12-7-6-10-15(13(12)2)11-14-8-4-3-5-9-14;2*2-1-3/h3-10H,11H2,1-2H3;2*2H. The van der Waals surface area contributed by atoms with Gasteiger partial charge in [-0.25, -0.2) is 20.4 Å². The van der Waals surface area contributed by atoms with Gasteiger partial charge in [-0.05, 0) is 42.5 Å². The molecule has 0 saturated heterocycles. The molecule has 0 aliphatic heterocycles. The van der Waals surface area contributed by atoms with E-state index in [4.69, 9.17) is 20.4 Å². The van der Waals surface area contributed by atoms with E-state index in [0.717, 1.165) is 18.6 Å². The van der Waals surface area contributed by atoms with E-state index in [1.165, 1.54) is 22.3 Å². The van der Waals surface area contributed by atoms with Crippen LogP contribution in [0.4, 0.5) is 0 Å². The highest BCUT2D eigenvalue weighted by atomic mass is 16.1. The van der Waals surface area contributed by atoms with Gasteiger partial charge in [-0.15, -0.1) is 0 Å². The Bertz CT molecular complexity index is 598. The summed E-state index contributed by atoms with van der Waals surface area (Å²) < 4.78 is 0. The van der Waals surface area contributed by atoms with Crippen LogP contribution in [0.2, 0.25) is 0 Å². The molecule has 0 aliphatic rings. The predicted molar refractivity (Wildman–Crippen MR) is 82.0 cm³/mol. The van der Waals surface area contributed by atoms with Gasteiger partial charge in [0, 0.05) is 0 Å². The smallest absolute Gasteiger partial charge is 0.222 e. The van der Waals surface area contributed by atoms with Gasteiger partial charge in [0.2, 0.25) is 12.2 Å². The lowest BCUT2D eigenvalue weighted by atomic mass is 9.97. The maximum absolute atomic E-state index is 8.35. The summed E-state index contributed by atoms with van der Waals surface area (Å²) in [5.74, 6) is 0. The van der Waals surface area contributed by atoms with E-state index in [1.807, 2.05) is 0 Å². The Morgan fingerprint density at radius 1 is 0.857 bits per heavy atom. The van der Waals surface area contributed by atoms with E-state index in [9.17, 15) is 0 Å². The van der Waals surface area contributed by atoms with E-state index in [1.54, 1.807) is 0 Å². The number of hydrogen-bond acceptors (Lipinski definition) is 4. The summed E-state index contributed by atoms with van der Waals surface area (Å²) in [6.07, 6.45) is 2.54. The number of isocyanates is 2. The second-order valence-corrected chi connectivity index (χ2v) is 4.23. The van der Waals surface area contributed by atoms with Crippen LogP contribution in [0.15, 0.2) is 48.5 Å². The van der Waals surface area contributed by atoms with Gasteiger partial charge in [-0.2, -0.15) is 0 Å². The third-order valence-corrected chi connectivity index (χ3v) is 2.95. The normalized spacial score (nSPS) is 8.10. The van der Waals surface area contributed by atoms with Crippen molar-refractivity contribution in [1.29, 1.82) is 10.8 Å². The number of benzene rings is 2. The number of rotatable bonds is 2. The first-order chi connectivity index (χ1) is 10.1. The first-order valence-corrected chi connectivity index (χ1v) is 6.27. The van der Waals surface area contributed by atoms with Crippen LogP contribution in [0.3, 0.4) is 0 Å². The van der Waals surface area contributed by atoms with Crippen molar-refractivity contribution in [2.45, 2.75) is 20.3 Å². The van der Waals surface area contributed by atoms with Crippen molar-refractivity contribution in [3.63, 3.8) is 0 Å². The van der Waals surface area contributed by atoms with Crippen molar-refractivity contribution >= 4 is 12.2 Å². The van der Waals surface area contributed by atoms with Gasteiger partial charge in [-0.3, -0.25) is 0 Å². The number of aryl methyl sites for hydroxylation is 1. The molecule has 108 valence electrons. The Labute approximate surface area is 124 Å². The molecule has 0 aliphatic carbocycles. The minimum atomic E-state index is 0.750. The Balaban J connectivity index is 0.000000578. The molecule has 0 amide bonds. The van der Waals surface area contributed by atoms with Gasteiger partial charge in [0.05, 0.1) is 0 Å². The summed E-state index contributed by atoms with van der Waals surface area (Å²) in [5.41, 5.74) is 5.61. The van der Waals surface area contributed by atoms with Crippen molar-refractivity contribution in [3.8, 4) is 0 Å². The molecule has 0 spiro atoms. The fraction of sp³-hybridized carbons (Fsp3) is 0.176. The molecular formula is C17H18N2O2. The highest BCUT2D eigenvalue weighted by Crippen LogP contribution is 2.16.